The molecule has 4 heterocycles. The molecule has 8 aliphatic rings. The van der Waals surface area contributed by atoms with Gasteiger partial charge in [0.2, 0.25) is 0 Å². The summed E-state index contributed by atoms with van der Waals surface area (Å²) in [5, 5.41) is 24.5. The topological polar surface area (TPSA) is 125 Å². The molecule has 13 atom stereocenters. The van der Waals surface area contributed by atoms with Crippen LogP contribution in [0.15, 0.2) is 35.9 Å². The van der Waals surface area contributed by atoms with Crippen molar-refractivity contribution < 1.29 is 48.2 Å². The molecule has 0 aromatic heterocycles. The lowest BCUT2D eigenvalue weighted by Crippen LogP contribution is -2.84. The zero-order valence-corrected chi connectivity index (χ0v) is 26.3. The lowest BCUT2D eigenvalue weighted by Gasteiger charge is -2.75. The summed E-state index contributed by atoms with van der Waals surface area (Å²) in [5.41, 5.74) is -1.77. The largest absolute Gasteiger partial charge is 0.497 e. The smallest absolute Gasteiger partial charge is 0.338 e. The number of carbonyl (C=O) groups is 1. The third-order valence-electron chi connectivity index (χ3n) is 12.2. The predicted molar refractivity (Wildman–Crippen MR) is 156 cm³/mol. The number of hydrogen-bond donors (Lipinski definition) is 2. The van der Waals surface area contributed by atoms with Crippen molar-refractivity contribution in [1.29, 1.82) is 0 Å². The van der Waals surface area contributed by atoms with Gasteiger partial charge in [-0.2, -0.15) is 0 Å². The van der Waals surface area contributed by atoms with Gasteiger partial charge < -0.3 is 43.4 Å². The van der Waals surface area contributed by atoms with Gasteiger partial charge in [0, 0.05) is 64.1 Å². The number of aliphatic hydroxyl groups is 2. The van der Waals surface area contributed by atoms with Gasteiger partial charge in [0.1, 0.15) is 35.9 Å². The van der Waals surface area contributed by atoms with E-state index in [-0.39, 0.29) is 36.7 Å². The molecule has 9 rings (SSSR count). The molecule has 4 aliphatic heterocycles. The van der Waals surface area contributed by atoms with Gasteiger partial charge >= 0.3 is 5.97 Å². The number of aliphatic hydroxyl groups excluding tert-OH is 1. The van der Waals surface area contributed by atoms with Crippen molar-refractivity contribution in [3.8, 4) is 5.75 Å². The standard InChI is InChI=1S/C33H45NO10/c1-7-34-15-31(16-38-2)22-13-23(41-5)33(30(34)43-22)20-14-32(37)27(44-29(36)17-8-10-18(39-3)11-9-17)24(20)19(25(35)28(32)42-6)12-21(40-4)26(31)33/h8-12,20-28,30,35,37H,7,13-16H2,1-6H3/t20-,21+,22-,23+,24-,25-,26-,27-,28+,30?,31+,32-,33+/m1/s1. The minimum absolute atomic E-state index is 0.109. The maximum absolute atomic E-state index is 13.7. The molecule has 11 nitrogen and oxygen atoms in total. The fourth-order valence-corrected chi connectivity index (χ4v) is 10.8. The van der Waals surface area contributed by atoms with Crippen LogP contribution in [0.25, 0.3) is 0 Å². The van der Waals surface area contributed by atoms with E-state index >= 15 is 0 Å². The van der Waals surface area contributed by atoms with Crippen molar-refractivity contribution in [2.24, 2.45) is 28.6 Å². The van der Waals surface area contributed by atoms with E-state index < -0.39 is 52.7 Å². The summed E-state index contributed by atoms with van der Waals surface area (Å²) < 4.78 is 43.1. The Hall–Kier alpha value is -2.09. The Morgan fingerprint density at radius 1 is 1.07 bits per heavy atom. The van der Waals surface area contributed by atoms with Gasteiger partial charge in [-0.1, -0.05) is 13.0 Å². The van der Waals surface area contributed by atoms with Crippen molar-refractivity contribution >= 4 is 5.97 Å². The lowest BCUT2D eigenvalue weighted by atomic mass is 9.42. The fourth-order valence-electron chi connectivity index (χ4n) is 10.8. The highest BCUT2D eigenvalue weighted by Gasteiger charge is 2.83. The number of benzene rings is 1. The first kappa shape index (κ1) is 30.6. The maximum atomic E-state index is 13.7. The normalized spacial score (nSPS) is 46.8. The van der Waals surface area contributed by atoms with E-state index in [1.807, 2.05) is 6.08 Å². The van der Waals surface area contributed by atoms with Gasteiger partial charge in [-0.3, -0.25) is 4.90 Å². The Morgan fingerprint density at radius 2 is 1.82 bits per heavy atom. The quantitative estimate of drug-likeness (QED) is 0.311. The molecular weight excluding hydrogens is 570 g/mol. The number of esters is 1. The van der Waals surface area contributed by atoms with E-state index in [4.69, 9.17) is 33.2 Å². The number of methoxy groups -OCH3 is 5. The van der Waals surface area contributed by atoms with E-state index in [2.05, 4.69) is 11.8 Å². The highest BCUT2D eigenvalue weighted by Crippen LogP contribution is 2.74. The van der Waals surface area contributed by atoms with Crippen LogP contribution < -0.4 is 4.74 Å². The van der Waals surface area contributed by atoms with Crippen molar-refractivity contribution in [1.82, 2.24) is 4.90 Å². The summed E-state index contributed by atoms with van der Waals surface area (Å²) in [6.45, 7) is 4.13. The SMILES string of the molecule is CCN1C[C@@]2(COC)[C@H]3[C@@H](OC)C=C4[C@H]5[C@@H](OC(=O)c6ccc(OC)cc6)[C@](O)(C[C@H]5[C@@]35C1O[C@@H]2C[C@@H]5OC)[C@@H](OC)[C@@H]4O. The number of ether oxygens (including phenoxy) is 7. The van der Waals surface area contributed by atoms with Gasteiger partial charge in [-0.05, 0) is 48.7 Å². The minimum Gasteiger partial charge on any atom is -0.497 e. The number of piperidine rings is 1. The lowest BCUT2D eigenvalue weighted by molar-refractivity contribution is -0.414. The summed E-state index contributed by atoms with van der Waals surface area (Å²) in [4.78, 5) is 16.1. The number of nitrogens with zero attached hydrogens (tertiary/aromatic N) is 1. The molecule has 2 N–H and O–H groups in total. The van der Waals surface area contributed by atoms with E-state index in [0.29, 0.717) is 29.9 Å². The second kappa shape index (κ2) is 10.7. The molecule has 11 heteroatoms. The van der Waals surface area contributed by atoms with Crippen LogP contribution in [0.1, 0.15) is 30.1 Å². The zero-order valence-electron chi connectivity index (χ0n) is 26.3. The fraction of sp³-hybridized carbons (Fsp3) is 0.727. The highest BCUT2D eigenvalue weighted by atomic mass is 16.6. The first-order chi connectivity index (χ1) is 21.2. The second-order valence-electron chi connectivity index (χ2n) is 13.5. The molecule has 6 bridgehead atoms. The van der Waals surface area contributed by atoms with Crippen LogP contribution in [0.2, 0.25) is 0 Å². The third-order valence-corrected chi connectivity index (χ3v) is 12.2. The first-order valence-corrected chi connectivity index (χ1v) is 15.6. The number of rotatable bonds is 9. The molecular formula is C33H45NO10. The molecule has 3 saturated carbocycles. The second-order valence-corrected chi connectivity index (χ2v) is 13.5. The van der Waals surface area contributed by atoms with E-state index in [9.17, 15) is 15.0 Å². The van der Waals surface area contributed by atoms with Crippen LogP contribution in [0.4, 0.5) is 0 Å². The maximum Gasteiger partial charge on any atom is 0.338 e. The van der Waals surface area contributed by atoms with Crippen LogP contribution in [0, 0.1) is 28.6 Å². The van der Waals surface area contributed by atoms with Gasteiger partial charge in [0.25, 0.3) is 0 Å². The Kier molecular flexibility index (Phi) is 7.46. The summed E-state index contributed by atoms with van der Waals surface area (Å²) in [5.74, 6) is -0.882. The van der Waals surface area contributed by atoms with Crippen molar-refractivity contribution in [2.75, 3.05) is 55.2 Å². The Balaban J connectivity index is 1.42. The van der Waals surface area contributed by atoms with Crippen LogP contribution in [-0.2, 0) is 28.4 Å². The van der Waals surface area contributed by atoms with Crippen molar-refractivity contribution in [3.63, 3.8) is 0 Å². The first-order valence-electron chi connectivity index (χ1n) is 15.6. The summed E-state index contributed by atoms with van der Waals surface area (Å²) in [6.07, 6.45) is -1.30. The summed E-state index contributed by atoms with van der Waals surface area (Å²) >= 11 is 0. The molecule has 0 amide bonds. The number of carbonyl (C=O) groups excluding carboxylic acids is 1. The molecule has 4 saturated heterocycles. The Labute approximate surface area is 258 Å². The van der Waals surface area contributed by atoms with Crippen LogP contribution in [0.5, 0.6) is 5.75 Å². The molecule has 1 aromatic rings. The number of hydrogen-bond acceptors (Lipinski definition) is 11. The third kappa shape index (κ3) is 3.69. The van der Waals surface area contributed by atoms with Gasteiger partial charge in [-0.15, -0.1) is 0 Å². The molecule has 1 spiro atoms. The van der Waals surface area contributed by atoms with E-state index in [1.165, 1.54) is 7.11 Å². The summed E-state index contributed by atoms with van der Waals surface area (Å²) in [6, 6.07) is 6.68. The zero-order chi connectivity index (χ0) is 31.2. The van der Waals surface area contributed by atoms with Crippen LogP contribution in [0.3, 0.4) is 0 Å². The molecule has 44 heavy (non-hydrogen) atoms. The molecule has 242 valence electrons. The average molecular weight is 616 g/mol. The minimum atomic E-state index is -1.67. The highest BCUT2D eigenvalue weighted by molar-refractivity contribution is 5.89. The monoisotopic (exact) mass is 615 g/mol. The van der Waals surface area contributed by atoms with Crippen molar-refractivity contribution in [3.05, 3.63) is 41.5 Å². The molecule has 1 aromatic carbocycles. The van der Waals surface area contributed by atoms with Crippen LogP contribution in [-0.4, -0.2) is 125 Å². The average Bonchev–Trinajstić information content (AvgIpc) is 3.19. The van der Waals surface area contributed by atoms with Crippen molar-refractivity contribution in [2.45, 2.75) is 68.2 Å². The van der Waals surface area contributed by atoms with Gasteiger partial charge in [0.15, 0.2) is 0 Å². The van der Waals surface area contributed by atoms with Gasteiger partial charge in [-0.25, -0.2) is 4.79 Å². The van der Waals surface area contributed by atoms with Crippen LogP contribution >= 0.6 is 0 Å². The summed E-state index contributed by atoms with van der Waals surface area (Å²) in [7, 11) is 8.21. The Morgan fingerprint density at radius 3 is 2.43 bits per heavy atom. The van der Waals surface area contributed by atoms with E-state index in [1.54, 1.807) is 52.7 Å². The molecule has 0 radical (unpaired) electrons. The predicted octanol–water partition coefficient (Wildman–Crippen LogP) is 1.65. The number of fused-ring (bicyclic) bond motifs is 3. The molecule has 4 aliphatic carbocycles. The molecule has 7 fully saturated rings. The molecule has 1 unspecified atom stereocenters. The Bertz CT molecular complexity index is 1310. The van der Waals surface area contributed by atoms with E-state index in [0.717, 1.165) is 13.1 Å². The van der Waals surface area contributed by atoms with Gasteiger partial charge in [0.05, 0.1) is 37.6 Å².